The van der Waals surface area contributed by atoms with Crippen molar-refractivity contribution in [2.45, 2.75) is 28.5 Å². The van der Waals surface area contributed by atoms with Crippen molar-refractivity contribution in [1.82, 2.24) is 4.90 Å². The number of amides is 4. The molecule has 7 rings (SSSR count). The zero-order valence-electron chi connectivity index (χ0n) is 21.8. The van der Waals surface area contributed by atoms with E-state index >= 15 is 0 Å². The second-order valence-corrected chi connectivity index (χ2v) is 13.4. The molecule has 4 amide bonds. The number of hydrogen-bond donors (Lipinski definition) is 1. The fraction of sp³-hybridized carbons (Fsp3) is 0.290. The molecule has 7 nitrogen and oxygen atoms in total. The minimum atomic E-state index is -1.92. The van der Waals surface area contributed by atoms with Gasteiger partial charge in [0.2, 0.25) is 11.8 Å². The molecule has 0 bridgehead atoms. The normalized spacial score (nSPS) is 32.2. The zero-order chi connectivity index (χ0) is 29.7. The summed E-state index contributed by atoms with van der Waals surface area (Å²) in [6.45, 7) is 0. The first-order chi connectivity index (χ1) is 20.0. The van der Waals surface area contributed by atoms with Crippen LogP contribution in [0.4, 0.5) is 5.69 Å². The van der Waals surface area contributed by atoms with Crippen molar-refractivity contribution < 1.29 is 24.3 Å². The van der Waals surface area contributed by atoms with E-state index in [1.807, 2.05) is 12.1 Å². The number of likely N-dealkylation sites (tertiary alicyclic amines) is 1. The first-order valence-electron chi connectivity index (χ1n) is 13.4. The molecule has 6 unspecified atom stereocenters. The summed E-state index contributed by atoms with van der Waals surface area (Å²) in [5, 5.41) is 12.3. The molecule has 0 aromatic heterocycles. The second-order valence-electron chi connectivity index (χ2n) is 11.2. The van der Waals surface area contributed by atoms with Gasteiger partial charge in [-0.25, -0.2) is 0 Å². The summed E-state index contributed by atoms with van der Waals surface area (Å²) in [4.78, 5) is 54.0. The predicted octanol–water partition coefficient (Wildman–Crippen LogP) is 6.11. The molecule has 2 heterocycles. The third-order valence-corrected chi connectivity index (χ3v) is 11.5. The zero-order valence-corrected chi connectivity index (χ0v) is 25.6. The fourth-order valence-corrected chi connectivity index (χ4v) is 9.04. The van der Waals surface area contributed by atoms with Crippen LogP contribution >= 0.6 is 50.7 Å². The highest BCUT2D eigenvalue weighted by molar-refractivity contribution is 9.09. The number of halogens is 4. The number of phenols is 1. The molecule has 42 heavy (non-hydrogen) atoms. The fourth-order valence-electron chi connectivity index (χ4n) is 7.50. The first kappa shape index (κ1) is 27.9. The van der Waals surface area contributed by atoms with Crippen molar-refractivity contribution in [3.63, 3.8) is 0 Å². The number of imide groups is 2. The summed E-state index contributed by atoms with van der Waals surface area (Å²) in [6, 6.07) is 16.8. The van der Waals surface area contributed by atoms with Crippen molar-refractivity contribution in [3.8, 4) is 5.75 Å². The standard InChI is InChI=1S/C31H22BrCl3N2O5/c32-14-36-28(41)30(34)13-22-20(9-10-21-24(22)27(40)37(26(21)39)16-7-5-15(33)6-8-16)25(31(30,35)29(36)42)19-11-12-23(38)18-4-2-1-3-17(18)19/h1-9,11-12,21-22,24-25,38H,10,13-14H2. The molecule has 3 aromatic carbocycles. The lowest BCUT2D eigenvalue weighted by Gasteiger charge is -2.51. The van der Waals surface area contributed by atoms with Gasteiger partial charge in [0.05, 0.1) is 23.0 Å². The highest BCUT2D eigenvalue weighted by Crippen LogP contribution is 2.66. The van der Waals surface area contributed by atoms with Gasteiger partial charge in [0, 0.05) is 16.3 Å². The number of rotatable bonds is 3. The average molecular weight is 689 g/mol. The van der Waals surface area contributed by atoms with Crippen LogP contribution in [0, 0.1) is 17.8 Å². The van der Waals surface area contributed by atoms with E-state index in [-0.39, 0.29) is 30.0 Å². The van der Waals surface area contributed by atoms with E-state index in [1.165, 1.54) is 11.0 Å². The Hall–Kier alpha value is -2.91. The molecule has 2 aliphatic heterocycles. The Labute approximate surface area is 264 Å². The van der Waals surface area contributed by atoms with Gasteiger partial charge in [-0.1, -0.05) is 69.5 Å². The lowest BCUT2D eigenvalue weighted by atomic mass is 9.56. The Kier molecular flexibility index (Phi) is 6.34. The number of phenolic OH excluding ortho intramolecular Hbond substituents is 1. The number of aromatic hydroxyl groups is 1. The van der Waals surface area contributed by atoms with Gasteiger partial charge in [-0.3, -0.25) is 29.0 Å². The van der Waals surface area contributed by atoms with Crippen molar-refractivity contribution in [2.75, 3.05) is 10.4 Å². The molecule has 1 saturated carbocycles. The molecule has 1 N–H and O–H groups in total. The molecular formula is C31H22BrCl3N2O5. The summed E-state index contributed by atoms with van der Waals surface area (Å²) < 4.78 is 0. The number of alkyl halides is 3. The van der Waals surface area contributed by atoms with Gasteiger partial charge in [0.25, 0.3) is 11.8 Å². The third kappa shape index (κ3) is 3.46. The Morgan fingerprint density at radius 1 is 0.881 bits per heavy atom. The summed E-state index contributed by atoms with van der Waals surface area (Å²) in [7, 11) is 0. The maximum Gasteiger partial charge on any atom is 0.254 e. The largest absolute Gasteiger partial charge is 0.507 e. The van der Waals surface area contributed by atoms with Crippen LogP contribution in [0.2, 0.25) is 5.02 Å². The van der Waals surface area contributed by atoms with E-state index in [0.717, 1.165) is 4.90 Å². The van der Waals surface area contributed by atoms with Gasteiger partial charge in [0.15, 0.2) is 9.75 Å². The van der Waals surface area contributed by atoms with E-state index in [4.69, 9.17) is 34.8 Å². The Morgan fingerprint density at radius 2 is 1.57 bits per heavy atom. The van der Waals surface area contributed by atoms with Crippen molar-refractivity contribution >= 4 is 90.8 Å². The average Bonchev–Trinajstić information content (AvgIpc) is 3.32. The number of benzene rings is 3. The smallest absolute Gasteiger partial charge is 0.254 e. The summed E-state index contributed by atoms with van der Waals surface area (Å²) in [5.74, 6) is -5.01. The van der Waals surface area contributed by atoms with E-state index in [0.29, 0.717) is 32.6 Å². The van der Waals surface area contributed by atoms with Crippen LogP contribution in [0.25, 0.3) is 10.8 Å². The van der Waals surface area contributed by atoms with Crippen LogP contribution < -0.4 is 4.90 Å². The Bertz CT molecular complexity index is 1760. The lowest BCUT2D eigenvalue weighted by Crippen LogP contribution is -2.60. The van der Waals surface area contributed by atoms with Crippen LogP contribution in [0.15, 0.2) is 72.3 Å². The van der Waals surface area contributed by atoms with Gasteiger partial charge in [-0.05, 0) is 60.0 Å². The van der Waals surface area contributed by atoms with E-state index in [2.05, 4.69) is 15.9 Å². The van der Waals surface area contributed by atoms with Gasteiger partial charge in [-0.15, -0.1) is 23.2 Å². The molecule has 3 fully saturated rings. The molecule has 214 valence electrons. The van der Waals surface area contributed by atoms with Crippen LogP contribution in [0.3, 0.4) is 0 Å². The summed E-state index contributed by atoms with van der Waals surface area (Å²) in [5.41, 5.74) is 1.60. The van der Waals surface area contributed by atoms with Gasteiger partial charge < -0.3 is 5.11 Å². The highest BCUT2D eigenvalue weighted by Gasteiger charge is 2.76. The maximum absolute atomic E-state index is 14.1. The number of fused-ring (bicyclic) bond motifs is 5. The molecule has 0 spiro atoms. The Balaban J connectivity index is 1.44. The molecule has 3 aromatic rings. The lowest BCUT2D eigenvalue weighted by molar-refractivity contribution is -0.138. The molecule has 11 heteroatoms. The molecule has 2 saturated heterocycles. The summed E-state index contributed by atoms with van der Waals surface area (Å²) >= 11 is 24.0. The van der Waals surface area contributed by atoms with E-state index in [1.54, 1.807) is 48.5 Å². The quantitative estimate of drug-likeness (QED) is 0.155. The molecular weight excluding hydrogens is 667 g/mol. The van der Waals surface area contributed by atoms with E-state index in [9.17, 15) is 24.3 Å². The summed E-state index contributed by atoms with van der Waals surface area (Å²) in [6.07, 6.45) is 2.05. The number of allylic oxidation sites excluding steroid dienone is 2. The first-order valence-corrected chi connectivity index (χ1v) is 15.6. The number of carbonyl (C=O) groups is 4. The van der Waals surface area contributed by atoms with Crippen LogP contribution in [0.5, 0.6) is 5.75 Å². The van der Waals surface area contributed by atoms with Gasteiger partial charge in [-0.2, -0.15) is 0 Å². The minimum Gasteiger partial charge on any atom is -0.507 e. The van der Waals surface area contributed by atoms with Gasteiger partial charge in [0.1, 0.15) is 5.75 Å². The van der Waals surface area contributed by atoms with Crippen molar-refractivity contribution in [1.29, 1.82) is 0 Å². The van der Waals surface area contributed by atoms with Crippen molar-refractivity contribution in [2.24, 2.45) is 17.8 Å². The monoisotopic (exact) mass is 686 g/mol. The Morgan fingerprint density at radius 3 is 2.26 bits per heavy atom. The van der Waals surface area contributed by atoms with Gasteiger partial charge >= 0.3 is 0 Å². The number of carbonyl (C=O) groups excluding carboxylic acids is 4. The van der Waals surface area contributed by atoms with Crippen LogP contribution in [-0.2, 0) is 19.2 Å². The highest BCUT2D eigenvalue weighted by atomic mass is 79.9. The molecule has 4 aliphatic rings. The van der Waals surface area contributed by atoms with Crippen LogP contribution in [0.1, 0.15) is 24.3 Å². The van der Waals surface area contributed by atoms with Crippen molar-refractivity contribution in [3.05, 3.63) is 82.9 Å². The SMILES string of the molecule is O=C1C2CC=C3C(CC4(Cl)C(=O)N(CBr)C(=O)C4(Cl)C3c3ccc(O)c4ccccc34)C2C(=O)N1c1ccc(Cl)cc1. The maximum atomic E-state index is 14.1. The number of hydrogen-bond acceptors (Lipinski definition) is 5. The predicted molar refractivity (Wildman–Crippen MR) is 163 cm³/mol. The third-order valence-electron chi connectivity index (χ3n) is 9.35. The minimum absolute atomic E-state index is 0.0474. The van der Waals surface area contributed by atoms with Crippen LogP contribution in [-0.4, -0.2) is 48.8 Å². The number of nitrogens with zero attached hydrogens (tertiary/aromatic N) is 2. The number of anilines is 1. The second kappa shape index (κ2) is 9.55. The molecule has 2 aliphatic carbocycles. The van der Waals surface area contributed by atoms with E-state index < -0.39 is 51.1 Å². The molecule has 6 atom stereocenters. The topological polar surface area (TPSA) is 95.0 Å². The molecule has 0 radical (unpaired) electrons.